The average molecular weight is 432 g/mol. The van der Waals surface area contributed by atoms with Crippen LogP contribution in [0, 0.1) is 0 Å². The molecule has 3 aromatic rings. The Balaban J connectivity index is 1.63. The molecule has 1 aromatic heterocycles. The Morgan fingerprint density at radius 1 is 1.28 bits per heavy atom. The van der Waals surface area contributed by atoms with Crippen LogP contribution in [0.5, 0.6) is 0 Å². The molecule has 1 aliphatic heterocycles. The number of morpholine rings is 1. The number of urea groups is 1. The second kappa shape index (κ2) is 8.66. The molecule has 2 N–H and O–H groups in total. The quantitative estimate of drug-likeness (QED) is 0.607. The number of nitrogens with zero attached hydrogens (tertiary/aromatic N) is 1. The Hall–Kier alpha value is -2.21. The van der Waals surface area contributed by atoms with Gasteiger partial charge in [0.1, 0.15) is 0 Å². The van der Waals surface area contributed by atoms with E-state index in [2.05, 4.69) is 16.4 Å². The average Bonchev–Trinajstić information content (AvgIpc) is 3.13. The van der Waals surface area contributed by atoms with Gasteiger partial charge < -0.3 is 19.9 Å². The molecule has 152 valence electrons. The molecule has 0 saturated carbocycles. The van der Waals surface area contributed by atoms with Gasteiger partial charge in [-0.1, -0.05) is 47.5 Å². The minimum absolute atomic E-state index is 0.0459. The lowest BCUT2D eigenvalue weighted by molar-refractivity contribution is -0.00346. The summed E-state index contributed by atoms with van der Waals surface area (Å²) in [5, 5.41) is 5.37. The Bertz CT molecular complexity index is 1020. The SMILES string of the molecule is CC1CN(C(=O)NCC(c2ccc(Cl)cc2Cl)c2c[nH]c3ccccc23)CCO1. The molecule has 29 heavy (non-hydrogen) atoms. The van der Waals surface area contributed by atoms with Crippen LogP contribution < -0.4 is 5.32 Å². The molecule has 0 aliphatic carbocycles. The molecule has 2 atom stereocenters. The molecule has 1 saturated heterocycles. The van der Waals surface area contributed by atoms with E-state index >= 15 is 0 Å². The van der Waals surface area contributed by atoms with Crippen molar-refractivity contribution in [1.29, 1.82) is 0 Å². The van der Waals surface area contributed by atoms with Crippen LogP contribution in [-0.4, -0.2) is 48.3 Å². The van der Waals surface area contributed by atoms with E-state index in [1.165, 1.54) is 0 Å². The highest BCUT2D eigenvalue weighted by atomic mass is 35.5. The highest BCUT2D eigenvalue weighted by Crippen LogP contribution is 2.35. The van der Waals surface area contributed by atoms with Crippen LogP contribution in [0.25, 0.3) is 10.9 Å². The molecular weight excluding hydrogens is 409 g/mol. The lowest BCUT2D eigenvalue weighted by Gasteiger charge is -2.31. The summed E-state index contributed by atoms with van der Waals surface area (Å²) in [6.07, 6.45) is 2.04. The first-order valence-electron chi connectivity index (χ1n) is 9.68. The van der Waals surface area contributed by atoms with Gasteiger partial charge in [-0.3, -0.25) is 0 Å². The number of halogens is 2. The summed E-state index contributed by atoms with van der Waals surface area (Å²) in [7, 11) is 0. The summed E-state index contributed by atoms with van der Waals surface area (Å²) < 4.78 is 5.53. The Morgan fingerprint density at radius 3 is 2.90 bits per heavy atom. The van der Waals surface area contributed by atoms with Gasteiger partial charge in [-0.15, -0.1) is 0 Å². The number of hydrogen-bond donors (Lipinski definition) is 2. The molecule has 0 radical (unpaired) electrons. The first kappa shape index (κ1) is 20.1. The number of carbonyl (C=O) groups excluding carboxylic acids is 1. The lowest BCUT2D eigenvalue weighted by atomic mass is 9.91. The van der Waals surface area contributed by atoms with Gasteiger partial charge in [0.2, 0.25) is 0 Å². The smallest absolute Gasteiger partial charge is 0.317 e. The first-order valence-corrected chi connectivity index (χ1v) is 10.4. The molecule has 1 fully saturated rings. The van der Waals surface area contributed by atoms with Gasteiger partial charge in [0.05, 0.1) is 12.7 Å². The number of benzene rings is 2. The maximum atomic E-state index is 12.7. The highest BCUT2D eigenvalue weighted by molar-refractivity contribution is 6.35. The first-order chi connectivity index (χ1) is 14.0. The van der Waals surface area contributed by atoms with Crippen LogP contribution >= 0.6 is 23.2 Å². The minimum atomic E-state index is -0.113. The van der Waals surface area contributed by atoms with Gasteiger partial charge in [-0.25, -0.2) is 4.79 Å². The molecule has 0 bridgehead atoms. The molecule has 2 aromatic carbocycles. The number of ether oxygens (including phenoxy) is 1. The van der Waals surface area contributed by atoms with Gasteiger partial charge in [0.25, 0.3) is 0 Å². The Morgan fingerprint density at radius 2 is 2.10 bits per heavy atom. The number of aromatic nitrogens is 1. The van der Waals surface area contributed by atoms with Crippen molar-refractivity contribution in [2.24, 2.45) is 0 Å². The van der Waals surface area contributed by atoms with Crippen molar-refractivity contribution in [3.63, 3.8) is 0 Å². The number of amides is 2. The monoisotopic (exact) mass is 431 g/mol. The van der Waals surface area contributed by atoms with Crippen LogP contribution in [-0.2, 0) is 4.74 Å². The van der Waals surface area contributed by atoms with Crippen LogP contribution in [0.2, 0.25) is 10.0 Å². The topological polar surface area (TPSA) is 57.4 Å². The van der Waals surface area contributed by atoms with Crippen LogP contribution in [0.15, 0.2) is 48.7 Å². The number of nitrogens with one attached hydrogen (secondary N) is 2. The van der Waals surface area contributed by atoms with Gasteiger partial charge in [-0.05, 0) is 36.2 Å². The van der Waals surface area contributed by atoms with E-state index in [1.807, 2.05) is 43.5 Å². The molecular formula is C22H23Cl2N3O2. The maximum absolute atomic E-state index is 12.7. The number of rotatable bonds is 4. The van der Waals surface area contributed by atoms with Crippen molar-refractivity contribution < 1.29 is 9.53 Å². The van der Waals surface area contributed by atoms with Crippen molar-refractivity contribution in [3.05, 3.63) is 69.8 Å². The largest absolute Gasteiger partial charge is 0.375 e. The number of para-hydroxylation sites is 1. The standard InChI is InChI=1S/C22H23Cl2N3O2/c1-14-13-27(8-9-29-14)22(28)26-12-18(16-7-6-15(23)10-20(16)24)19-11-25-21-5-3-2-4-17(19)21/h2-7,10-11,14,18,25H,8-9,12-13H2,1H3,(H,26,28). The van der Waals surface area contributed by atoms with E-state index < -0.39 is 0 Å². The highest BCUT2D eigenvalue weighted by Gasteiger charge is 2.25. The second-order valence-corrected chi connectivity index (χ2v) is 8.17. The zero-order valence-corrected chi connectivity index (χ0v) is 17.6. The number of H-pyrrole nitrogens is 1. The zero-order valence-electron chi connectivity index (χ0n) is 16.1. The molecule has 2 amide bonds. The third-order valence-corrected chi connectivity index (χ3v) is 5.88. The normalized spacial score (nSPS) is 18.0. The van der Waals surface area contributed by atoms with Crippen LogP contribution in [0.1, 0.15) is 24.0 Å². The van der Waals surface area contributed by atoms with E-state index in [9.17, 15) is 4.79 Å². The summed E-state index contributed by atoms with van der Waals surface area (Å²) in [6.45, 7) is 4.14. The fourth-order valence-electron chi connectivity index (χ4n) is 3.86. The number of carbonyl (C=O) groups is 1. The van der Waals surface area contributed by atoms with Crippen molar-refractivity contribution in [2.45, 2.75) is 18.9 Å². The third-order valence-electron chi connectivity index (χ3n) is 5.32. The minimum Gasteiger partial charge on any atom is -0.375 e. The lowest BCUT2D eigenvalue weighted by Crippen LogP contribution is -2.49. The summed E-state index contributed by atoms with van der Waals surface area (Å²) in [5.74, 6) is -0.113. The van der Waals surface area contributed by atoms with Gasteiger partial charge in [0.15, 0.2) is 0 Å². The van der Waals surface area contributed by atoms with Gasteiger partial charge in [0, 0.05) is 52.7 Å². The van der Waals surface area contributed by atoms with Crippen LogP contribution in [0.4, 0.5) is 4.79 Å². The van der Waals surface area contributed by atoms with Gasteiger partial charge >= 0.3 is 6.03 Å². The molecule has 2 heterocycles. The van der Waals surface area contributed by atoms with Crippen molar-refractivity contribution in [3.8, 4) is 0 Å². The van der Waals surface area contributed by atoms with Gasteiger partial charge in [-0.2, -0.15) is 0 Å². The maximum Gasteiger partial charge on any atom is 0.317 e. The fourth-order valence-corrected chi connectivity index (χ4v) is 4.40. The summed E-state index contributed by atoms with van der Waals surface area (Å²) in [6, 6.07) is 13.5. The van der Waals surface area contributed by atoms with Crippen molar-refractivity contribution in [1.82, 2.24) is 15.2 Å². The summed E-state index contributed by atoms with van der Waals surface area (Å²) in [4.78, 5) is 17.9. The second-order valence-electron chi connectivity index (χ2n) is 7.32. The van der Waals surface area contributed by atoms with Crippen LogP contribution in [0.3, 0.4) is 0 Å². The van der Waals surface area contributed by atoms with E-state index in [1.54, 1.807) is 11.0 Å². The summed E-state index contributed by atoms with van der Waals surface area (Å²) >= 11 is 12.6. The van der Waals surface area contributed by atoms with E-state index in [0.29, 0.717) is 36.3 Å². The molecule has 4 rings (SSSR count). The Kier molecular flexibility index (Phi) is 5.99. The summed E-state index contributed by atoms with van der Waals surface area (Å²) in [5.41, 5.74) is 3.06. The third kappa shape index (κ3) is 4.37. The fraction of sp³-hybridized carbons (Fsp3) is 0.318. The van der Waals surface area contributed by atoms with E-state index in [4.69, 9.17) is 27.9 Å². The zero-order chi connectivity index (χ0) is 20.4. The molecule has 2 unspecified atom stereocenters. The predicted molar refractivity (Wildman–Crippen MR) is 117 cm³/mol. The molecule has 7 heteroatoms. The Labute approximate surface area is 179 Å². The number of aromatic amines is 1. The van der Waals surface area contributed by atoms with Crippen molar-refractivity contribution >= 4 is 40.1 Å². The van der Waals surface area contributed by atoms with Crippen molar-refractivity contribution in [2.75, 3.05) is 26.2 Å². The van der Waals surface area contributed by atoms with E-state index in [0.717, 1.165) is 22.0 Å². The molecule has 5 nitrogen and oxygen atoms in total. The van der Waals surface area contributed by atoms with E-state index in [-0.39, 0.29) is 18.1 Å². The number of hydrogen-bond acceptors (Lipinski definition) is 2. The number of fused-ring (bicyclic) bond motifs is 1. The molecule has 1 aliphatic rings. The molecule has 0 spiro atoms. The predicted octanol–water partition coefficient (Wildman–Crippen LogP) is 5.04.